The van der Waals surface area contributed by atoms with Gasteiger partial charge in [0.05, 0.1) is 14.2 Å². The number of ketones is 1. The van der Waals surface area contributed by atoms with Gasteiger partial charge in [0, 0.05) is 5.41 Å². The van der Waals surface area contributed by atoms with Crippen molar-refractivity contribution >= 4 is 11.9 Å². The third-order valence-electron chi connectivity index (χ3n) is 3.89. The van der Waals surface area contributed by atoms with Crippen molar-refractivity contribution in [2.75, 3.05) is 14.2 Å². The van der Waals surface area contributed by atoms with Crippen molar-refractivity contribution in [1.29, 1.82) is 0 Å². The summed E-state index contributed by atoms with van der Waals surface area (Å²) < 4.78 is 10.4. The molecule has 1 fully saturated rings. The average Bonchev–Trinajstić information content (AvgIpc) is 3.25. The lowest BCUT2D eigenvalue weighted by atomic mass is 9.97. The molecule has 0 aromatic heterocycles. The minimum Gasteiger partial charge on any atom is -0.493 e. The van der Waals surface area contributed by atoms with E-state index in [1.54, 1.807) is 20.3 Å². The maximum absolute atomic E-state index is 12.1. The standard InChI is InChI=1S/C16H20O3/c1-4-16(9-10-16)15(17)8-6-12-5-7-13(18-2)14(11-12)19-3/h5-8,11H,4,9-10H2,1-3H3/b8-6+. The van der Waals surface area contributed by atoms with Gasteiger partial charge in [0.2, 0.25) is 0 Å². The second-order valence-corrected chi connectivity index (χ2v) is 4.95. The Bertz CT molecular complexity index is 499. The highest BCUT2D eigenvalue weighted by atomic mass is 16.5. The highest BCUT2D eigenvalue weighted by Crippen LogP contribution is 2.49. The van der Waals surface area contributed by atoms with E-state index in [0.717, 1.165) is 24.8 Å². The first kappa shape index (κ1) is 13.7. The minimum absolute atomic E-state index is 0.0624. The van der Waals surface area contributed by atoms with Crippen molar-refractivity contribution in [3.63, 3.8) is 0 Å². The molecule has 0 radical (unpaired) electrons. The third-order valence-corrected chi connectivity index (χ3v) is 3.89. The molecule has 3 nitrogen and oxygen atoms in total. The van der Waals surface area contributed by atoms with Crippen molar-refractivity contribution in [3.8, 4) is 11.5 Å². The van der Waals surface area contributed by atoms with Gasteiger partial charge in [0.15, 0.2) is 17.3 Å². The number of carbonyl (C=O) groups excluding carboxylic acids is 1. The predicted molar refractivity (Wildman–Crippen MR) is 75.5 cm³/mol. The average molecular weight is 260 g/mol. The second-order valence-electron chi connectivity index (χ2n) is 4.95. The molecule has 1 aliphatic carbocycles. The zero-order valence-electron chi connectivity index (χ0n) is 11.7. The lowest BCUT2D eigenvalue weighted by Gasteiger charge is -2.08. The van der Waals surface area contributed by atoms with Gasteiger partial charge in [-0.1, -0.05) is 19.1 Å². The lowest BCUT2D eigenvalue weighted by Crippen LogP contribution is -2.11. The van der Waals surface area contributed by atoms with Crippen LogP contribution in [-0.4, -0.2) is 20.0 Å². The zero-order valence-corrected chi connectivity index (χ0v) is 11.7. The monoisotopic (exact) mass is 260 g/mol. The van der Waals surface area contributed by atoms with Gasteiger partial charge in [-0.2, -0.15) is 0 Å². The maximum atomic E-state index is 12.1. The van der Waals surface area contributed by atoms with Crippen LogP contribution in [0.25, 0.3) is 6.08 Å². The highest BCUT2D eigenvalue weighted by molar-refractivity contribution is 5.99. The molecule has 0 unspecified atom stereocenters. The molecule has 0 saturated heterocycles. The Balaban J connectivity index is 2.13. The highest BCUT2D eigenvalue weighted by Gasteiger charge is 2.46. The lowest BCUT2D eigenvalue weighted by molar-refractivity contribution is -0.119. The molecule has 0 N–H and O–H groups in total. The van der Waals surface area contributed by atoms with Crippen LogP contribution in [0.3, 0.4) is 0 Å². The molecule has 1 aromatic carbocycles. The number of hydrogen-bond donors (Lipinski definition) is 0. The van der Waals surface area contributed by atoms with Crippen molar-refractivity contribution < 1.29 is 14.3 Å². The van der Waals surface area contributed by atoms with Gasteiger partial charge < -0.3 is 9.47 Å². The molecule has 0 amide bonds. The van der Waals surface area contributed by atoms with Crippen molar-refractivity contribution in [3.05, 3.63) is 29.8 Å². The van der Waals surface area contributed by atoms with Crippen LogP contribution in [-0.2, 0) is 4.79 Å². The van der Waals surface area contributed by atoms with E-state index < -0.39 is 0 Å². The van der Waals surface area contributed by atoms with Crippen molar-refractivity contribution in [2.45, 2.75) is 26.2 Å². The molecule has 0 atom stereocenters. The fourth-order valence-electron chi connectivity index (χ4n) is 2.23. The largest absolute Gasteiger partial charge is 0.493 e. The quantitative estimate of drug-likeness (QED) is 0.735. The van der Waals surface area contributed by atoms with Gasteiger partial charge in [-0.3, -0.25) is 4.79 Å². The van der Waals surface area contributed by atoms with Crippen LogP contribution in [0.5, 0.6) is 11.5 Å². The molecule has 0 heterocycles. The molecular formula is C16H20O3. The van der Waals surface area contributed by atoms with Crippen LogP contribution in [0.1, 0.15) is 31.7 Å². The van der Waals surface area contributed by atoms with E-state index in [-0.39, 0.29) is 11.2 Å². The van der Waals surface area contributed by atoms with Gasteiger partial charge in [-0.15, -0.1) is 0 Å². The first-order chi connectivity index (χ1) is 9.15. The number of methoxy groups -OCH3 is 2. The van der Waals surface area contributed by atoms with Gasteiger partial charge in [0.1, 0.15) is 0 Å². The van der Waals surface area contributed by atoms with Crippen molar-refractivity contribution in [2.24, 2.45) is 5.41 Å². The van der Waals surface area contributed by atoms with E-state index in [1.807, 2.05) is 24.3 Å². The summed E-state index contributed by atoms with van der Waals surface area (Å²) in [5.41, 5.74) is 0.880. The van der Waals surface area contributed by atoms with Crippen LogP contribution in [0.2, 0.25) is 0 Å². The SMILES string of the molecule is CCC1(C(=O)/C=C/c2ccc(OC)c(OC)c2)CC1. The summed E-state index contributed by atoms with van der Waals surface area (Å²) in [6.45, 7) is 2.08. The Hall–Kier alpha value is -1.77. The van der Waals surface area contributed by atoms with Gasteiger partial charge in [-0.25, -0.2) is 0 Å². The normalized spacial score (nSPS) is 16.4. The van der Waals surface area contributed by atoms with Crippen LogP contribution in [0.15, 0.2) is 24.3 Å². The Kier molecular flexibility index (Phi) is 3.93. The number of ether oxygens (including phenoxy) is 2. The number of allylic oxidation sites excluding steroid dienone is 1. The molecule has 1 saturated carbocycles. The van der Waals surface area contributed by atoms with E-state index in [9.17, 15) is 4.79 Å². The number of carbonyl (C=O) groups is 1. The second kappa shape index (κ2) is 5.47. The molecule has 1 aromatic rings. The summed E-state index contributed by atoms with van der Waals surface area (Å²) in [4.78, 5) is 12.1. The van der Waals surface area contributed by atoms with Crippen LogP contribution in [0, 0.1) is 5.41 Å². The van der Waals surface area contributed by atoms with Gasteiger partial charge in [0.25, 0.3) is 0 Å². The summed E-state index contributed by atoms with van der Waals surface area (Å²) in [6, 6.07) is 5.63. The van der Waals surface area contributed by atoms with E-state index in [1.165, 1.54) is 0 Å². The topological polar surface area (TPSA) is 35.5 Å². The summed E-state index contributed by atoms with van der Waals surface area (Å²) in [5, 5.41) is 0. The predicted octanol–water partition coefficient (Wildman–Crippen LogP) is 3.48. The Morgan fingerprint density at radius 1 is 1.26 bits per heavy atom. The Labute approximate surface area is 114 Å². The summed E-state index contributed by atoms with van der Waals surface area (Å²) in [5.74, 6) is 1.61. The van der Waals surface area contributed by atoms with Crippen molar-refractivity contribution in [1.82, 2.24) is 0 Å². The van der Waals surface area contributed by atoms with Gasteiger partial charge in [-0.05, 0) is 43.0 Å². The fourth-order valence-corrected chi connectivity index (χ4v) is 2.23. The number of hydrogen-bond acceptors (Lipinski definition) is 3. The van der Waals surface area contributed by atoms with Crippen LogP contribution >= 0.6 is 0 Å². The van der Waals surface area contributed by atoms with Crippen LogP contribution in [0.4, 0.5) is 0 Å². The first-order valence-corrected chi connectivity index (χ1v) is 6.60. The molecule has 0 aliphatic heterocycles. The first-order valence-electron chi connectivity index (χ1n) is 6.60. The van der Waals surface area contributed by atoms with Crippen LogP contribution < -0.4 is 9.47 Å². The van der Waals surface area contributed by atoms with Gasteiger partial charge >= 0.3 is 0 Å². The molecule has 1 aliphatic rings. The summed E-state index contributed by atoms with van der Waals surface area (Å²) in [6.07, 6.45) is 6.52. The van der Waals surface area contributed by atoms with E-state index in [0.29, 0.717) is 11.5 Å². The number of rotatable bonds is 6. The molecular weight excluding hydrogens is 240 g/mol. The minimum atomic E-state index is -0.0624. The molecule has 19 heavy (non-hydrogen) atoms. The fraction of sp³-hybridized carbons (Fsp3) is 0.438. The molecule has 0 bridgehead atoms. The Morgan fingerprint density at radius 2 is 1.95 bits per heavy atom. The molecule has 0 spiro atoms. The van der Waals surface area contributed by atoms with E-state index in [2.05, 4.69) is 6.92 Å². The maximum Gasteiger partial charge on any atom is 0.161 e. The zero-order chi connectivity index (χ0) is 13.9. The summed E-state index contributed by atoms with van der Waals surface area (Å²) >= 11 is 0. The molecule has 2 rings (SSSR count). The smallest absolute Gasteiger partial charge is 0.161 e. The molecule has 102 valence electrons. The third kappa shape index (κ3) is 2.80. The van der Waals surface area contributed by atoms with E-state index in [4.69, 9.17) is 9.47 Å². The summed E-state index contributed by atoms with van der Waals surface area (Å²) in [7, 11) is 3.21. The Morgan fingerprint density at radius 3 is 2.47 bits per heavy atom. The molecule has 3 heteroatoms. The number of benzene rings is 1. The van der Waals surface area contributed by atoms with E-state index >= 15 is 0 Å².